The lowest BCUT2D eigenvalue weighted by molar-refractivity contribution is 0.780. The average Bonchev–Trinajstić information content (AvgIpc) is 1.89. The van der Waals surface area contributed by atoms with Gasteiger partial charge in [0.25, 0.3) is 0 Å². The Labute approximate surface area is 74.7 Å². The zero-order chi connectivity index (χ0) is 8.57. The highest BCUT2D eigenvalue weighted by Gasteiger charge is 1.85. The van der Waals surface area contributed by atoms with Crippen LogP contribution >= 0.6 is 0 Å². The minimum atomic E-state index is 0. The van der Waals surface area contributed by atoms with Crippen molar-refractivity contribution in [2.75, 3.05) is 0 Å². The normalized spacial score (nSPS) is 9.45. The molecule has 65 valence electrons. The van der Waals surface area contributed by atoms with Gasteiger partial charge in [0.2, 0.25) is 0 Å². The highest BCUT2D eigenvalue weighted by molar-refractivity contribution is 5.75. The van der Waals surface area contributed by atoms with Crippen molar-refractivity contribution in [1.82, 2.24) is 0 Å². The first-order chi connectivity index (χ1) is 4.63. The van der Waals surface area contributed by atoms with E-state index in [4.69, 9.17) is 0 Å². The van der Waals surface area contributed by atoms with Crippen LogP contribution < -0.4 is 0 Å². The minimum Gasteiger partial charge on any atom is -0.0857 e. The maximum Gasteiger partial charge on any atom is 0 e. The standard InChI is InChI=1S/C8H16.C2H6.B/c1-7(2)5-6-8(3)4;1-2;/h5-8H,1-4H3;1-2H3;/b6-5-;;. The van der Waals surface area contributed by atoms with E-state index in [0.717, 1.165) is 0 Å². The maximum absolute atomic E-state index is 2.24. The molecule has 0 N–H and O–H groups in total. The third-order valence-electron chi connectivity index (χ3n) is 0.881. The summed E-state index contributed by atoms with van der Waals surface area (Å²) in [5, 5.41) is 0. The van der Waals surface area contributed by atoms with Gasteiger partial charge >= 0.3 is 0 Å². The maximum atomic E-state index is 2.24. The summed E-state index contributed by atoms with van der Waals surface area (Å²) in [5.74, 6) is 1.41. The lowest BCUT2D eigenvalue weighted by atomic mass is 10.1. The van der Waals surface area contributed by atoms with Crippen LogP contribution in [0.2, 0.25) is 0 Å². The summed E-state index contributed by atoms with van der Waals surface area (Å²) in [7, 11) is 0. The molecule has 0 amide bonds. The van der Waals surface area contributed by atoms with Crippen LogP contribution in [0.4, 0.5) is 0 Å². The van der Waals surface area contributed by atoms with E-state index in [-0.39, 0.29) is 8.41 Å². The molecule has 0 saturated carbocycles. The first kappa shape index (κ1) is 17.1. The van der Waals surface area contributed by atoms with Gasteiger partial charge in [0.05, 0.1) is 0 Å². The Morgan fingerprint density at radius 2 is 0.909 bits per heavy atom. The van der Waals surface area contributed by atoms with E-state index < -0.39 is 0 Å². The molecule has 0 spiro atoms. The lowest BCUT2D eigenvalue weighted by Gasteiger charge is -1.95. The van der Waals surface area contributed by atoms with Gasteiger partial charge in [-0.3, -0.25) is 0 Å². The summed E-state index contributed by atoms with van der Waals surface area (Å²) in [5.41, 5.74) is 0. The van der Waals surface area contributed by atoms with Crippen LogP contribution in [0.15, 0.2) is 12.2 Å². The zero-order valence-electron chi connectivity index (χ0n) is 8.89. The third-order valence-corrected chi connectivity index (χ3v) is 0.881. The zero-order valence-corrected chi connectivity index (χ0v) is 8.89. The van der Waals surface area contributed by atoms with Crippen LogP contribution in [0.5, 0.6) is 0 Å². The summed E-state index contributed by atoms with van der Waals surface area (Å²) >= 11 is 0. The molecule has 0 aliphatic rings. The molecule has 0 heterocycles. The van der Waals surface area contributed by atoms with E-state index in [1.54, 1.807) is 0 Å². The Balaban J connectivity index is -0.000000196. The van der Waals surface area contributed by atoms with Crippen LogP contribution in [0, 0.1) is 11.8 Å². The predicted octanol–water partition coefficient (Wildman–Crippen LogP) is 3.50. The molecule has 11 heavy (non-hydrogen) atoms. The lowest BCUT2D eigenvalue weighted by Crippen LogP contribution is -1.81. The molecule has 1 heteroatoms. The van der Waals surface area contributed by atoms with Gasteiger partial charge in [0.15, 0.2) is 0 Å². The van der Waals surface area contributed by atoms with E-state index in [2.05, 4.69) is 39.8 Å². The molecule has 0 aliphatic heterocycles. The van der Waals surface area contributed by atoms with Crippen molar-refractivity contribution in [3.05, 3.63) is 12.2 Å². The third kappa shape index (κ3) is 25.9. The van der Waals surface area contributed by atoms with E-state index >= 15 is 0 Å². The van der Waals surface area contributed by atoms with E-state index in [9.17, 15) is 0 Å². The van der Waals surface area contributed by atoms with Gasteiger partial charge in [-0.1, -0.05) is 53.7 Å². The topological polar surface area (TPSA) is 0 Å². The second-order valence-electron chi connectivity index (χ2n) is 2.87. The number of allylic oxidation sites excluding steroid dienone is 2. The first-order valence-corrected chi connectivity index (χ1v) is 4.31. The van der Waals surface area contributed by atoms with Crippen molar-refractivity contribution in [1.29, 1.82) is 0 Å². The highest BCUT2D eigenvalue weighted by atomic mass is 13.9. The number of hydrogen-bond acceptors (Lipinski definition) is 0. The number of hydrogen-bond donors (Lipinski definition) is 0. The molecule has 0 aliphatic carbocycles. The minimum absolute atomic E-state index is 0. The quantitative estimate of drug-likeness (QED) is 0.420. The molecular formula is C10H22B. The Bertz CT molecular complexity index is 62.9. The fourth-order valence-electron chi connectivity index (χ4n) is 0.444. The molecule has 0 rings (SSSR count). The van der Waals surface area contributed by atoms with Crippen molar-refractivity contribution < 1.29 is 0 Å². The Morgan fingerprint density at radius 1 is 0.727 bits per heavy atom. The molecule has 3 radical (unpaired) electrons. The predicted molar refractivity (Wildman–Crippen MR) is 55.9 cm³/mol. The van der Waals surface area contributed by atoms with Crippen molar-refractivity contribution in [3.8, 4) is 0 Å². The highest BCUT2D eigenvalue weighted by Crippen LogP contribution is 1.99. The van der Waals surface area contributed by atoms with Crippen molar-refractivity contribution in [3.63, 3.8) is 0 Å². The van der Waals surface area contributed by atoms with Crippen LogP contribution in [0.1, 0.15) is 41.5 Å². The van der Waals surface area contributed by atoms with Gasteiger partial charge < -0.3 is 0 Å². The molecule has 0 nitrogen and oxygen atoms in total. The van der Waals surface area contributed by atoms with Crippen LogP contribution in [-0.4, -0.2) is 8.41 Å². The average molecular weight is 153 g/mol. The number of rotatable bonds is 2. The van der Waals surface area contributed by atoms with E-state index in [1.165, 1.54) is 0 Å². The Kier molecular flexibility index (Phi) is 19.3. The Hall–Kier alpha value is -0.195. The van der Waals surface area contributed by atoms with Crippen molar-refractivity contribution >= 4 is 8.41 Å². The molecule has 0 fully saturated rings. The smallest absolute Gasteiger partial charge is 0 e. The SMILES string of the molecule is CC.CC(C)/C=C\C(C)C.[B]. The second kappa shape index (κ2) is 12.5. The van der Waals surface area contributed by atoms with Crippen molar-refractivity contribution in [2.45, 2.75) is 41.5 Å². The van der Waals surface area contributed by atoms with Gasteiger partial charge in [-0.25, -0.2) is 0 Å². The van der Waals surface area contributed by atoms with Crippen LogP contribution in [0.25, 0.3) is 0 Å². The summed E-state index contributed by atoms with van der Waals surface area (Å²) in [4.78, 5) is 0. The van der Waals surface area contributed by atoms with E-state index in [1.807, 2.05) is 13.8 Å². The van der Waals surface area contributed by atoms with Gasteiger partial charge in [0, 0.05) is 8.41 Å². The molecule has 0 atom stereocenters. The van der Waals surface area contributed by atoms with Gasteiger partial charge in [-0.15, -0.1) is 0 Å². The molecular weight excluding hydrogens is 131 g/mol. The molecule has 0 bridgehead atoms. The van der Waals surface area contributed by atoms with Gasteiger partial charge in [0.1, 0.15) is 0 Å². The summed E-state index contributed by atoms with van der Waals surface area (Å²) in [6, 6.07) is 0. The van der Waals surface area contributed by atoms with Gasteiger partial charge in [-0.05, 0) is 11.8 Å². The summed E-state index contributed by atoms with van der Waals surface area (Å²) in [6.07, 6.45) is 4.48. The summed E-state index contributed by atoms with van der Waals surface area (Å²) in [6.45, 7) is 12.8. The second-order valence-corrected chi connectivity index (χ2v) is 2.87. The Morgan fingerprint density at radius 3 is 1.00 bits per heavy atom. The molecule has 0 unspecified atom stereocenters. The molecule has 0 saturated heterocycles. The monoisotopic (exact) mass is 153 g/mol. The fraction of sp³-hybridized carbons (Fsp3) is 0.800. The largest absolute Gasteiger partial charge is 0.0857 e. The summed E-state index contributed by atoms with van der Waals surface area (Å²) < 4.78 is 0. The van der Waals surface area contributed by atoms with E-state index in [0.29, 0.717) is 11.8 Å². The van der Waals surface area contributed by atoms with Gasteiger partial charge in [-0.2, -0.15) is 0 Å². The van der Waals surface area contributed by atoms with Crippen LogP contribution in [0.3, 0.4) is 0 Å². The van der Waals surface area contributed by atoms with Crippen molar-refractivity contribution in [2.24, 2.45) is 11.8 Å². The first-order valence-electron chi connectivity index (χ1n) is 4.31. The fourth-order valence-corrected chi connectivity index (χ4v) is 0.444. The van der Waals surface area contributed by atoms with Crippen LogP contribution in [-0.2, 0) is 0 Å². The molecule has 0 aromatic heterocycles. The molecule has 0 aromatic carbocycles. The molecule has 0 aromatic rings.